The van der Waals surface area contributed by atoms with E-state index in [1.807, 2.05) is 18.2 Å². The zero-order valence-corrected chi connectivity index (χ0v) is 22.9. The molecule has 0 spiro atoms. The number of amides is 1. The zero-order valence-electron chi connectivity index (χ0n) is 22.9. The molecule has 0 saturated heterocycles. The van der Waals surface area contributed by atoms with Crippen LogP contribution in [-0.4, -0.2) is 46.8 Å². The minimum atomic E-state index is -1.31. The molecule has 0 aliphatic rings. The maximum Gasteiger partial charge on any atom is 0.408 e. The van der Waals surface area contributed by atoms with Gasteiger partial charge in [-0.2, -0.15) is 0 Å². The zero-order chi connectivity index (χ0) is 27.7. The lowest BCUT2D eigenvalue weighted by atomic mass is 9.99. The van der Waals surface area contributed by atoms with Crippen LogP contribution in [0.3, 0.4) is 0 Å². The molecule has 1 N–H and O–H groups in total. The van der Waals surface area contributed by atoms with E-state index in [0.717, 1.165) is 5.56 Å². The van der Waals surface area contributed by atoms with E-state index in [4.69, 9.17) is 18.9 Å². The van der Waals surface area contributed by atoms with E-state index in [2.05, 4.69) is 5.32 Å². The Labute approximate surface area is 214 Å². The lowest BCUT2D eigenvalue weighted by Gasteiger charge is -2.27. The van der Waals surface area contributed by atoms with Crippen LogP contribution in [0.15, 0.2) is 30.3 Å². The second kappa shape index (κ2) is 12.7. The summed E-state index contributed by atoms with van der Waals surface area (Å²) in [6.07, 6.45) is -1.03. The van der Waals surface area contributed by atoms with Crippen molar-refractivity contribution >= 4 is 24.0 Å². The van der Waals surface area contributed by atoms with E-state index < -0.39 is 52.8 Å². The number of hydrogen-bond acceptors (Lipinski definition) is 8. The molecular formula is C27H41NO8. The summed E-state index contributed by atoms with van der Waals surface area (Å²) in [6.45, 7) is 15.2. The first-order valence-electron chi connectivity index (χ1n) is 12.0. The molecule has 36 heavy (non-hydrogen) atoms. The fourth-order valence-corrected chi connectivity index (χ4v) is 2.94. The topological polar surface area (TPSA) is 117 Å². The second-order valence-electron chi connectivity index (χ2n) is 11.5. The minimum absolute atomic E-state index is 0.0232. The SMILES string of the molecule is CC(C)(C)OC(=O)N[C@H](CCC(C(=O)OCc1ccccc1)C(=O)OC(C)(C)C)C(=O)OC(C)(C)C. The molecule has 0 aliphatic carbocycles. The molecule has 0 radical (unpaired) electrons. The Morgan fingerprint density at radius 2 is 1.19 bits per heavy atom. The number of benzene rings is 1. The van der Waals surface area contributed by atoms with Crippen molar-refractivity contribution in [3.05, 3.63) is 35.9 Å². The van der Waals surface area contributed by atoms with Gasteiger partial charge in [0.25, 0.3) is 0 Å². The average Bonchev–Trinajstić information content (AvgIpc) is 2.68. The largest absolute Gasteiger partial charge is 0.460 e. The first kappa shape index (κ1) is 30.9. The van der Waals surface area contributed by atoms with Crippen molar-refractivity contribution in [2.75, 3.05) is 0 Å². The molecule has 202 valence electrons. The molecule has 0 fully saturated rings. The number of carbonyl (C=O) groups is 4. The summed E-state index contributed by atoms with van der Waals surface area (Å²) in [4.78, 5) is 51.0. The fourth-order valence-electron chi connectivity index (χ4n) is 2.94. The van der Waals surface area contributed by atoms with Gasteiger partial charge in [-0.05, 0) is 80.7 Å². The molecule has 2 atom stereocenters. The highest BCUT2D eigenvalue weighted by Gasteiger charge is 2.36. The van der Waals surface area contributed by atoms with Crippen LogP contribution in [0.2, 0.25) is 0 Å². The molecule has 0 saturated carbocycles. The number of nitrogens with one attached hydrogen (secondary N) is 1. The van der Waals surface area contributed by atoms with Gasteiger partial charge in [-0.15, -0.1) is 0 Å². The van der Waals surface area contributed by atoms with Gasteiger partial charge in [0, 0.05) is 0 Å². The summed E-state index contributed by atoms with van der Waals surface area (Å²) >= 11 is 0. The van der Waals surface area contributed by atoms with Gasteiger partial charge in [-0.3, -0.25) is 9.59 Å². The Hall–Kier alpha value is -3.10. The maximum absolute atomic E-state index is 12.9. The van der Waals surface area contributed by atoms with Crippen molar-refractivity contribution in [1.29, 1.82) is 0 Å². The Morgan fingerprint density at radius 1 is 0.694 bits per heavy atom. The van der Waals surface area contributed by atoms with E-state index in [1.165, 1.54) is 0 Å². The lowest BCUT2D eigenvalue weighted by Crippen LogP contribution is -2.46. The van der Waals surface area contributed by atoms with Crippen molar-refractivity contribution in [1.82, 2.24) is 5.32 Å². The number of esters is 3. The Bertz CT molecular complexity index is 891. The summed E-state index contributed by atoms with van der Waals surface area (Å²) in [5.74, 6) is -3.58. The fraction of sp³-hybridized carbons (Fsp3) is 0.630. The monoisotopic (exact) mass is 507 g/mol. The van der Waals surface area contributed by atoms with Crippen molar-refractivity contribution in [2.24, 2.45) is 5.92 Å². The standard InChI is InChI=1S/C27H41NO8/c1-25(2,3)34-22(30)19(21(29)33-17-18-13-11-10-12-14-18)15-16-20(23(31)35-26(4,5)6)28-24(32)36-27(7,8)9/h10-14,19-20H,15-17H2,1-9H3,(H,28,32)/t19?,20-/m1/s1. The highest BCUT2D eigenvalue weighted by molar-refractivity contribution is 5.95. The normalized spacial score (nSPS) is 13.7. The molecule has 1 unspecified atom stereocenters. The van der Waals surface area contributed by atoms with E-state index in [9.17, 15) is 19.2 Å². The van der Waals surface area contributed by atoms with Crippen LogP contribution < -0.4 is 5.32 Å². The van der Waals surface area contributed by atoms with Crippen LogP contribution in [0, 0.1) is 5.92 Å². The van der Waals surface area contributed by atoms with Crippen LogP contribution in [0.4, 0.5) is 4.79 Å². The van der Waals surface area contributed by atoms with Crippen molar-refractivity contribution < 1.29 is 38.1 Å². The number of alkyl carbamates (subject to hydrolysis) is 1. The summed E-state index contributed by atoms with van der Waals surface area (Å²) < 4.78 is 21.5. The van der Waals surface area contributed by atoms with Gasteiger partial charge in [-0.25, -0.2) is 9.59 Å². The number of carbonyl (C=O) groups excluding carboxylic acids is 4. The maximum atomic E-state index is 12.9. The van der Waals surface area contributed by atoms with Crippen molar-refractivity contribution in [3.63, 3.8) is 0 Å². The van der Waals surface area contributed by atoms with Crippen LogP contribution in [0.5, 0.6) is 0 Å². The van der Waals surface area contributed by atoms with Gasteiger partial charge in [0.05, 0.1) is 0 Å². The van der Waals surface area contributed by atoms with E-state index >= 15 is 0 Å². The molecule has 0 heterocycles. The molecule has 9 heteroatoms. The summed E-state index contributed by atoms with van der Waals surface area (Å²) in [5.41, 5.74) is -1.69. The van der Waals surface area contributed by atoms with E-state index in [0.29, 0.717) is 0 Å². The lowest BCUT2D eigenvalue weighted by molar-refractivity contribution is -0.171. The van der Waals surface area contributed by atoms with Gasteiger partial charge >= 0.3 is 24.0 Å². The highest BCUT2D eigenvalue weighted by Crippen LogP contribution is 2.20. The number of hydrogen-bond donors (Lipinski definition) is 1. The first-order valence-corrected chi connectivity index (χ1v) is 12.0. The minimum Gasteiger partial charge on any atom is -0.460 e. The van der Waals surface area contributed by atoms with Crippen LogP contribution >= 0.6 is 0 Å². The van der Waals surface area contributed by atoms with Crippen molar-refractivity contribution in [2.45, 2.75) is 105 Å². The van der Waals surface area contributed by atoms with Gasteiger partial charge < -0.3 is 24.3 Å². The van der Waals surface area contributed by atoms with E-state index in [1.54, 1.807) is 74.4 Å². The van der Waals surface area contributed by atoms with Gasteiger partial charge in [0.2, 0.25) is 0 Å². The highest BCUT2D eigenvalue weighted by atomic mass is 16.6. The third-order valence-corrected chi connectivity index (χ3v) is 4.33. The molecule has 0 bridgehead atoms. The summed E-state index contributed by atoms with van der Waals surface area (Å²) in [5, 5.41) is 2.50. The van der Waals surface area contributed by atoms with Gasteiger partial charge in [0.15, 0.2) is 5.92 Å². The van der Waals surface area contributed by atoms with E-state index in [-0.39, 0.29) is 19.4 Å². The molecule has 9 nitrogen and oxygen atoms in total. The smallest absolute Gasteiger partial charge is 0.408 e. The summed E-state index contributed by atoms with van der Waals surface area (Å²) in [6, 6.07) is 7.87. The third-order valence-electron chi connectivity index (χ3n) is 4.33. The first-order chi connectivity index (χ1) is 16.4. The predicted molar refractivity (Wildman–Crippen MR) is 134 cm³/mol. The average molecular weight is 508 g/mol. The Balaban J connectivity index is 3.06. The molecule has 0 aliphatic heterocycles. The molecule has 1 rings (SSSR count). The van der Waals surface area contributed by atoms with Crippen LogP contribution in [0.25, 0.3) is 0 Å². The Morgan fingerprint density at radius 3 is 1.69 bits per heavy atom. The van der Waals surface area contributed by atoms with Gasteiger partial charge in [-0.1, -0.05) is 30.3 Å². The van der Waals surface area contributed by atoms with Crippen molar-refractivity contribution in [3.8, 4) is 0 Å². The molecule has 0 aromatic heterocycles. The molecule has 1 aromatic carbocycles. The molecule has 1 amide bonds. The third kappa shape index (κ3) is 13.1. The summed E-state index contributed by atoms with van der Waals surface area (Å²) in [7, 11) is 0. The quantitative estimate of drug-likeness (QED) is 0.290. The van der Waals surface area contributed by atoms with Crippen LogP contribution in [0.1, 0.15) is 80.7 Å². The second-order valence-corrected chi connectivity index (χ2v) is 11.5. The Kier molecular flexibility index (Phi) is 10.9. The van der Waals surface area contributed by atoms with Crippen LogP contribution in [-0.2, 0) is 39.9 Å². The number of ether oxygens (including phenoxy) is 4. The van der Waals surface area contributed by atoms with Gasteiger partial charge in [0.1, 0.15) is 29.5 Å². The predicted octanol–water partition coefficient (Wildman–Crippen LogP) is 4.70. The number of rotatable bonds is 9. The molecule has 1 aromatic rings. The molecular weight excluding hydrogens is 466 g/mol.